The van der Waals surface area contributed by atoms with Crippen molar-refractivity contribution in [2.24, 2.45) is 0 Å². The van der Waals surface area contributed by atoms with Crippen molar-refractivity contribution in [2.45, 2.75) is 25.4 Å². The quantitative estimate of drug-likeness (QED) is 0.869. The van der Waals surface area contributed by atoms with Gasteiger partial charge in [-0.1, -0.05) is 30.3 Å². The van der Waals surface area contributed by atoms with Gasteiger partial charge in [-0.2, -0.15) is 0 Å². The second-order valence-corrected chi connectivity index (χ2v) is 4.52. The fourth-order valence-corrected chi connectivity index (χ4v) is 2.11. The molecule has 0 radical (unpaired) electrons. The van der Waals surface area contributed by atoms with Crippen LogP contribution in [0.15, 0.2) is 30.3 Å². The highest BCUT2D eigenvalue weighted by Gasteiger charge is 2.47. The average Bonchev–Trinajstić information content (AvgIpc) is 2.89. The first-order chi connectivity index (χ1) is 9.48. The maximum atomic E-state index is 12.9. The summed E-state index contributed by atoms with van der Waals surface area (Å²) in [5.74, 6) is 0. The number of nitrogens with one attached hydrogen (secondary N) is 1. The number of carbonyl (C=O) groups excluding carboxylic acids is 1. The van der Waals surface area contributed by atoms with Crippen LogP contribution in [0.25, 0.3) is 0 Å². The Morgan fingerprint density at radius 3 is 2.60 bits per heavy atom. The number of nitrogens with zero attached hydrogens (tertiary/aromatic N) is 1. The van der Waals surface area contributed by atoms with Crippen LogP contribution in [-0.2, 0) is 11.3 Å². The normalized spacial score (nSPS) is 18.9. The van der Waals surface area contributed by atoms with Crippen LogP contribution in [0.1, 0.15) is 12.0 Å². The van der Waals surface area contributed by atoms with Gasteiger partial charge in [0.2, 0.25) is 0 Å². The third-order valence-corrected chi connectivity index (χ3v) is 3.07. The standard InChI is InChI=1S/C13H15F3N2O2/c14-13(15,16)18(11-6-7-17-8-11)12(19)20-9-10-4-2-1-3-5-10/h1-5,11,17H,6-9H2. The summed E-state index contributed by atoms with van der Waals surface area (Å²) in [7, 11) is 0. The maximum absolute atomic E-state index is 12.9. The molecule has 1 aliphatic rings. The van der Waals surface area contributed by atoms with Crippen molar-refractivity contribution in [3.8, 4) is 0 Å². The van der Waals surface area contributed by atoms with Crippen molar-refractivity contribution in [2.75, 3.05) is 13.1 Å². The van der Waals surface area contributed by atoms with Crippen molar-refractivity contribution in [3.63, 3.8) is 0 Å². The molecule has 0 bridgehead atoms. The van der Waals surface area contributed by atoms with Gasteiger partial charge in [0.15, 0.2) is 0 Å². The topological polar surface area (TPSA) is 41.6 Å². The first-order valence-corrected chi connectivity index (χ1v) is 6.26. The van der Waals surface area contributed by atoms with Crippen LogP contribution in [0.2, 0.25) is 0 Å². The van der Waals surface area contributed by atoms with Crippen molar-refractivity contribution in [3.05, 3.63) is 35.9 Å². The Morgan fingerprint density at radius 1 is 1.35 bits per heavy atom. The molecule has 20 heavy (non-hydrogen) atoms. The van der Waals surface area contributed by atoms with Gasteiger partial charge in [-0.05, 0) is 18.5 Å². The Kier molecular flexibility index (Phi) is 4.49. The van der Waals surface area contributed by atoms with Crippen LogP contribution >= 0.6 is 0 Å². The molecule has 4 nitrogen and oxygen atoms in total. The van der Waals surface area contributed by atoms with Gasteiger partial charge < -0.3 is 10.1 Å². The maximum Gasteiger partial charge on any atom is 0.490 e. The first kappa shape index (κ1) is 14.6. The molecule has 110 valence electrons. The van der Waals surface area contributed by atoms with Gasteiger partial charge in [-0.25, -0.2) is 9.69 Å². The molecule has 0 aliphatic carbocycles. The van der Waals surface area contributed by atoms with Gasteiger partial charge >= 0.3 is 12.4 Å². The number of rotatable bonds is 3. The smallest absolute Gasteiger partial charge is 0.444 e. The highest BCUT2D eigenvalue weighted by atomic mass is 19.4. The molecule has 1 aliphatic heterocycles. The number of hydrogen-bond donors (Lipinski definition) is 1. The summed E-state index contributed by atoms with van der Waals surface area (Å²) in [6, 6.07) is 7.69. The van der Waals surface area contributed by atoms with E-state index < -0.39 is 18.4 Å². The zero-order valence-corrected chi connectivity index (χ0v) is 10.7. The van der Waals surface area contributed by atoms with Crippen molar-refractivity contribution < 1.29 is 22.7 Å². The lowest BCUT2D eigenvalue weighted by molar-refractivity contribution is -0.240. The van der Waals surface area contributed by atoms with E-state index in [1.165, 1.54) is 0 Å². The van der Waals surface area contributed by atoms with Crippen LogP contribution in [0.3, 0.4) is 0 Å². The van der Waals surface area contributed by atoms with Crippen LogP contribution in [0.5, 0.6) is 0 Å². The fraction of sp³-hybridized carbons (Fsp3) is 0.462. The van der Waals surface area contributed by atoms with Gasteiger partial charge in [0.25, 0.3) is 0 Å². The molecule has 1 unspecified atom stereocenters. The summed E-state index contributed by atoms with van der Waals surface area (Å²) in [6.07, 6.45) is -5.82. The van der Waals surface area contributed by atoms with Gasteiger partial charge in [-0.3, -0.25) is 0 Å². The average molecular weight is 288 g/mol. The number of ether oxygens (including phenoxy) is 1. The predicted molar refractivity (Wildman–Crippen MR) is 65.8 cm³/mol. The van der Waals surface area contributed by atoms with E-state index in [0.29, 0.717) is 12.1 Å². The SMILES string of the molecule is O=C(OCc1ccccc1)N(C1CCNC1)C(F)(F)F. The molecule has 0 aromatic heterocycles. The molecule has 1 heterocycles. The first-order valence-electron chi connectivity index (χ1n) is 6.26. The highest BCUT2D eigenvalue weighted by Crippen LogP contribution is 2.27. The molecule has 1 amide bonds. The minimum Gasteiger partial charge on any atom is -0.444 e. The lowest BCUT2D eigenvalue weighted by Gasteiger charge is -2.29. The summed E-state index contributed by atoms with van der Waals surface area (Å²) >= 11 is 0. The van der Waals surface area contributed by atoms with Gasteiger partial charge in [0.05, 0.1) is 6.04 Å². The van der Waals surface area contributed by atoms with Crippen molar-refractivity contribution in [1.29, 1.82) is 0 Å². The largest absolute Gasteiger partial charge is 0.490 e. The molecule has 0 spiro atoms. The third kappa shape index (κ3) is 3.63. The summed E-state index contributed by atoms with van der Waals surface area (Å²) in [6.45, 7) is 0.412. The zero-order chi connectivity index (χ0) is 14.6. The summed E-state index contributed by atoms with van der Waals surface area (Å²) in [4.78, 5) is 11.6. The molecule has 1 saturated heterocycles. The number of amides is 1. The third-order valence-electron chi connectivity index (χ3n) is 3.07. The minimum absolute atomic E-state index is 0.125. The van der Waals surface area contributed by atoms with E-state index >= 15 is 0 Å². The van der Waals surface area contributed by atoms with E-state index in [1.807, 2.05) is 0 Å². The van der Waals surface area contributed by atoms with Crippen molar-refractivity contribution >= 4 is 6.09 Å². The lowest BCUT2D eigenvalue weighted by atomic mass is 10.2. The molecule has 7 heteroatoms. The van der Waals surface area contributed by atoms with Gasteiger partial charge in [0.1, 0.15) is 6.61 Å². The Labute approximate surface area is 114 Å². The summed E-state index contributed by atoms with van der Waals surface area (Å²) in [5.41, 5.74) is 0.646. The fourth-order valence-electron chi connectivity index (χ4n) is 2.11. The number of alkyl halides is 3. The Balaban J connectivity index is 2.00. The second kappa shape index (κ2) is 6.13. The Morgan fingerprint density at radius 2 is 2.05 bits per heavy atom. The predicted octanol–water partition coefficient (Wildman–Crippen LogP) is 2.51. The molecular weight excluding hydrogens is 273 g/mol. The summed E-state index contributed by atoms with van der Waals surface area (Å²) < 4.78 is 43.6. The van der Waals surface area contributed by atoms with Gasteiger partial charge in [-0.15, -0.1) is 13.2 Å². The monoisotopic (exact) mass is 288 g/mol. The number of carbonyl (C=O) groups is 1. The molecule has 1 N–H and O–H groups in total. The summed E-state index contributed by atoms with van der Waals surface area (Å²) in [5, 5.41) is 2.80. The molecule has 1 aromatic rings. The van der Waals surface area contributed by atoms with E-state index in [1.54, 1.807) is 30.3 Å². The van der Waals surface area contributed by atoms with E-state index in [4.69, 9.17) is 4.74 Å². The number of hydrogen-bond acceptors (Lipinski definition) is 3. The van der Waals surface area contributed by atoms with Crippen LogP contribution < -0.4 is 5.32 Å². The molecule has 1 aromatic carbocycles. The second-order valence-electron chi connectivity index (χ2n) is 4.52. The van der Waals surface area contributed by atoms with Crippen LogP contribution in [0, 0.1) is 0 Å². The van der Waals surface area contributed by atoms with Crippen molar-refractivity contribution in [1.82, 2.24) is 10.2 Å². The van der Waals surface area contributed by atoms with E-state index in [-0.39, 0.29) is 24.5 Å². The molecule has 2 rings (SSSR count). The lowest BCUT2D eigenvalue weighted by Crippen LogP contribution is -2.50. The Bertz CT molecular complexity index is 445. The van der Waals surface area contributed by atoms with Crippen LogP contribution in [-0.4, -0.2) is 36.4 Å². The van der Waals surface area contributed by atoms with Crippen LogP contribution in [0.4, 0.5) is 18.0 Å². The zero-order valence-electron chi connectivity index (χ0n) is 10.7. The Hall–Kier alpha value is -1.76. The minimum atomic E-state index is -4.73. The van der Waals surface area contributed by atoms with E-state index in [0.717, 1.165) is 0 Å². The van der Waals surface area contributed by atoms with Gasteiger partial charge in [0, 0.05) is 6.54 Å². The molecule has 0 saturated carbocycles. The molecular formula is C13H15F3N2O2. The van der Waals surface area contributed by atoms with E-state index in [9.17, 15) is 18.0 Å². The highest BCUT2D eigenvalue weighted by molar-refractivity contribution is 5.68. The number of halogens is 3. The molecule has 1 atom stereocenters. The molecule has 1 fully saturated rings. The van der Waals surface area contributed by atoms with E-state index in [2.05, 4.69) is 5.32 Å². The number of benzene rings is 1.